The van der Waals surface area contributed by atoms with Gasteiger partial charge in [0.2, 0.25) is 0 Å². The predicted octanol–water partition coefficient (Wildman–Crippen LogP) is 3.50. The zero-order valence-corrected chi connectivity index (χ0v) is 17.3. The number of piperidine rings is 1. The van der Waals surface area contributed by atoms with E-state index in [1.54, 1.807) is 18.5 Å². The van der Waals surface area contributed by atoms with Crippen molar-refractivity contribution in [1.82, 2.24) is 24.6 Å². The molecule has 1 fully saturated rings. The summed E-state index contributed by atoms with van der Waals surface area (Å²) in [5.74, 6) is 3.91. The summed E-state index contributed by atoms with van der Waals surface area (Å²) >= 11 is 0. The Morgan fingerprint density at radius 1 is 1.30 bits per heavy atom. The molecule has 0 spiro atoms. The lowest BCUT2D eigenvalue weighted by Crippen LogP contribution is -2.35. The molecule has 6 nitrogen and oxygen atoms in total. The zero-order chi connectivity index (χ0) is 20.9. The van der Waals surface area contributed by atoms with Crippen LogP contribution in [0.5, 0.6) is 5.75 Å². The van der Waals surface area contributed by atoms with Gasteiger partial charge < -0.3 is 9.55 Å². The molecule has 150 valence electrons. The molecular weight excluding hydrogens is 373 g/mol. The Kier molecular flexibility index (Phi) is 5.96. The molecular formula is C23H24BN5O. The van der Waals surface area contributed by atoms with Gasteiger partial charge in [-0.3, -0.25) is 0 Å². The van der Waals surface area contributed by atoms with Crippen LogP contribution in [0.2, 0.25) is 0 Å². The van der Waals surface area contributed by atoms with Gasteiger partial charge in [0.1, 0.15) is 23.5 Å². The molecule has 3 heterocycles. The Morgan fingerprint density at radius 3 is 2.87 bits per heavy atom. The van der Waals surface area contributed by atoms with Crippen molar-refractivity contribution in [3.05, 3.63) is 60.8 Å². The van der Waals surface area contributed by atoms with Gasteiger partial charge in [-0.05, 0) is 75.2 Å². The summed E-state index contributed by atoms with van der Waals surface area (Å²) in [7, 11) is 2.15. The highest BCUT2D eigenvalue weighted by molar-refractivity contribution is 6.04. The Labute approximate surface area is 177 Å². The van der Waals surface area contributed by atoms with Crippen molar-refractivity contribution < 1.29 is 4.74 Å². The van der Waals surface area contributed by atoms with E-state index in [4.69, 9.17) is 16.3 Å². The summed E-state index contributed by atoms with van der Waals surface area (Å²) in [5, 5.41) is 5.92. The van der Waals surface area contributed by atoms with E-state index in [1.165, 1.54) is 12.8 Å². The van der Waals surface area contributed by atoms with Crippen LogP contribution in [-0.4, -0.2) is 39.1 Å². The zero-order valence-electron chi connectivity index (χ0n) is 17.3. The standard InChI is InChI=1S/C23H24BN5O/c1-3-5-8-18(4-2)30-19-12-10-17(11-13-19)22-20-15-25-16-26-23(20)29(27-22)21-9-6-7-14-28(21)24/h1,4-5,8,10-13,15-16,21H,6-7,9,14,24H2,2H3/b8-5-,18-4+/t21-/m1/s1. The van der Waals surface area contributed by atoms with E-state index in [-0.39, 0.29) is 6.17 Å². The normalized spacial score (nSPS) is 18.0. The summed E-state index contributed by atoms with van der Waals surface area (Å²) in [4.78, 5) is 11.1. The quantitative estimate of drug-likeness (QED) is 0.286. The lowest BCUT2D eigenvalue weighted by molar-refractivity contribution is 0.184. The Hall–Kier alpha value is -3.37. The minimum Gasteiger partial charge on any atom is -0.458 e. The van der Waals surface area contributed by atoms with Crippen molar-refractivity contribution in [3.8, 4) is 29.4 Å². The average Bonchev–Trinajstić information content (AvgIpc) is 3.17. The van der Waals surface area contributed by atoms with E-state index in [2.05, 4.69) is 33.4 Å². The number of hydrogen-bond acceptors (Lipinski definition) is 5. The molecule has 7 heteroatoms. The first kappa shape index (κ1) is 19.9. The molecule has 0 saturated carbocycles. The SMILES string of the molecule is BN1CCCC[C@H]1n1nc(-c2ccc(OC(/C=C\C#C)=C/C)cc2)c2cncnc21. The number of rotatable bonds is 5. The number of ether oxygens (including phenoxy) is 1. The summed E-state index contributed by atoms with van der Waals surface area (Å²) < 4.78 is 7.93. The predicted molar refractivity (Wildman–Crippen MR) is 121 cm³/mol. The second kappa shape index (κ2) is 8.97. The van der Waals surface area contributed by atoms with Gasteiger partial charge in [0.25, 0.3) is 0 Å². The summed E-state index contributed by atoms with van der Waals surface area (Å²) in [5.41, 5.74) is 2.75. The molecule has 0 bridgehead atoms. The highest BCUT2D eigenvalue weighted by Gasteiger charge is 2.25. The highest BCUT2D eigenvalue weighted by atomic mass is 16.5. The first-order chi connectivity index (χ1) is 14.7. The fourth-order valence-corrected chi connectivity index (χ4v) is 3.81. The topological polar surface area (TPSA) is 56.1 Å². The minimum absolute atomic E-state index is 0.215. The van der Waals surface area contributed by atoms with Crippen molar-refractivity contribution in [3.63, 3.8) is 0 Å². The van der Waals surface area contributed by atoms with E-state index in [0.29, 0.717) is 5.76 Å². The maximum atomic E-state index is 5.88. The van der Waals surface area contributed by atoms with E-state index < -0.39 is 0 Å². The molecule has 0 unspecified atom stereocenters. The van der Waals surface area contributed by atoms with E-state index in [0.717, 1.165) is 41.0 Å². The van der Waals surface area contributed by atoms with Gasteiger partial charge in [0.05, 0.1) is 11.6 Å². The van der Waals surface area contributed by atoms with E-state index >= 15 is 0 Å². The van der Waals surface area contributed by atoms with Crippen LogP contribution in [0.25, 0.3) is 22.3 Å². The van der Waals surface area contributed by atoms with E-state index in [9.17, 15) is 0 Å². The molecule has 0 radical (unpaired) electrons. The maximum absolute atomic E-state index is 5.88. The number of terminal acetylenes is 1. The van der Waals surface area contributed by atoms with Gasteiger partial charge in [-0.2, -0.15) is 5.10 Å². The molecule has 1 aliphatic rings. The number of fused-ring (bicyclic) bond motifs is 1. The van der Waals surface area contributed by atoms with Crippen LogP contribution in [0.1, 0.15) is 32.4 Å². The maximum Gasteiger partial charge on any atom is 0.188 e. The minimum atomic E-state index is 0.215. The van der Waals surface area contributed by atoms with Crippen LogP contribution < -0.4 is 4.74 Å². The van der Waals surface area contributed by atoms with Crippen LogP contribution in [0.15, 0.2) is 60.8 Å². The molecule has 1 aliphatic heterocycles. The van der Waals surface area contributed by atoms with Crippen LogP contribution in [0, 0.1) is 12.3 Å². The van der Waals surface area contributed by atoms with Gasteiger partial charge >= 0.3 is 0 Å². The van der Waals surface area contributed by atoms with Crippen molar-refractivity contribution in [2.75, 3.05) is 6.54 Å². The van der Waals surface area contributed by atoms with Gasteiger partial charge in [-0.15, -0.1) is 6.42 Å². The Bertz CT molecular complexity index is 1130. The largest absolute Gasteiger partial charge is 0.458 e. The highest BCUT2D eigenvalue weighted by Crippen LogP contribution is 2.32. The van der Waals surface area contributed by atoms with Crippen LogP contribution in [-0.2, 0) is 0 Å². The third-order valence-corrected chi connectivity index (χ3v) is 5.38. The molecule has 30 heavy (non-hydrogen) atoms. The molecule has 2 aromatic heterocycles. The smallest absolute Gasteiger partial charge is 0.188 e. The molecule has 3 aromatic rings. The lowest BCUT2D eigenvalue weighted by atomic mass is 10.0. The second-order valence-electron chi connectivity index (χ2n) is 7.33. The fraction of sp³-hybridized carbons (Fsp3) is 0.261. The third-order valence-electron chi connectivity index (χ3n) is 5.38. The number of aromatic nitrogens is 4. The number of hydrogen-bond donors (Lipinski definition) is 0. The van der Waals surface area contributed by atoms with Crippen LogP contribution in [0.3, 0.4) is 0 Å². The first-order valence-electron chi connectivity index (χ1n) is 10.2. The number of allylic oxidation sites excluding steroid dienone is 3. The van der Waals surface area contributed by atoms with Gasteiger partial charge in [-0.1, -0.05) is 5.92 Å². The van der Waals surface area contributed by atoms with Crippen LogP contribution in [0.4, 0.5) is 0 Å². The molecule has 1 saturated heterocycles. The lowest BCUT2D eigenvalue weighted by Gasteiger charge is -2.33. The average molecular weight is 397 g/mol. The first-order valence-corrected chi connectivity index (χ1v) is 10.2. The van der Waals surface area contributed by atoms with Gasteiger partial charge in [0.15, 0.2) is 13.6 Å². The second-order valence-corrected chi connectivity index (χ2v) is 7.33. The molecule has 0 N–H and O–H groups in total. The summed E-state index contributed by atoms with van der Waals surface area (Å²) in [6.45, 7) is 2.98. The summed E-state index contributed by atoms with van der Waals surface area (Å²) in [6, 6.07) is 7.89. The van der Waals surface area contributed by atoms with Crippen LogP contribution >= 0.6 is 0 Å². The van der Waals surface area contributed by atoms with Crippen molar-refractivity contribution in [2.24, 2.45) is 0 Å². The Morgan fingerprint density at radius 2 is 2.13 bits per heavy atom. The number of nitrogens with zero attached hydrogens (tertiary/aromatic N) is 5. The molecule has 1 atom stereocenters. The fourth-order valence-electron chi connectivity index (χ4n) is 3.81. The molecule has 0 aliphatic carbocycles. The van der Waals surface area contributed by atoms with Crippen molar-refractivity contribution in [1.29, 1.82) is 0 Å². The van der Waals surface area contributed by atoms with Crippen molar-refractivity contribution >= 4 is 19.0 Å². The van der Waals surface area contributed by atoms with Gasteiger partial charge in [-0.25, -0.2) is 14.6 Å². The number of benzene rings is 1. The third kappa shape index (κ3) is 4.00. The monoisotopic (exact) mass is 397 g/mol. The van der Waals surface area contributed by atoms with Crippen molar-refractivity contribution in [2.45, 2.75) is 32.4 Å². The molecule has 4 rings (SSSR count). The van der Waals surface area contributed by atoms with E-state index in [1.807, 2.05) is 43.5 Å². The Balaban J connectivity index is 1.67. The van der Waals surface area contributed by atoms with Gasteiger partial charge in [0, 0.05) is 11.8 Å². The molecule has 1 aromatic carbocycles. The summed E-state index contributed by atoms with van der Waals surface area (Å²) in [6.07, 6.45) is 17.7. The molecule has 0 amide bonds.